The lowest BCUT2D eigenvalue weighted by molar-refractivity contribution is 0.306. The van der Waals surface area contributed by atoms with E-state index >= 15 is 0 Å². The van der Waals surface area contributed by atoms with E-state index in [0.717, 1.165) is 0 Å². The minimum absolute atomic E-state index is 0.0935. The molecule has 0 saturated carbocycles. The minimum atomic E-state index is -3.46. The fourth-order valence-electron chi connectivity index (χ4n) is 1.53. The summed E-state index contributed by atoms with van der Waals surface area (Å²) < 4.78 is 27.8. The fraction of sp³-hybridized carbons (Fsp3) is 0.667. The number of nitrogens with zero attached hydrogens (tertiary/aromatic N) is 2. The van der Waals surface area contributed by atoms with E-state index < -0.39 is 10.2 Å². The average Bonchev–Trinajstić information content (AvgIpc) is 2.20. The van der Waals surface area contributed by atoms with Gasteiger partial charge in [-0.1, -0.05) is 12.2 Å². The van der Waals surface area contributed by atoms with E-state index in [1.165, 1.54) is 8.61 Å². The Kier molecular flexibility index (Phi) is 6.67. The van der Waals surface area contributed by atoms with Crippen LogP contribution in [0.4, 0.5) is 0 Å². The number of rotatable bonds is 8. The van der Waals surface area contributed by atoms with Gasteiger partial charge >= 0.3 is 0 Å². The van der Waals surface area contributed by atoms with E-state index in [4.69, 9.17) is 0 Å². The van der Waals surface area contributed by atoms with Crippen molar-refractivity contribution in [3.8, 4) is 0 Å². The van der Waals surface area contributed by atoms with Crippen LogP contribution >= 0.6 is 0 Å². The Labute approximate surface area is 106 Å². The summed E-state index contributed by atoms with van der Waals surface area (Å²) >= 11 is 0. The molecule has 0 aliphatic carbocycles. The van der Waals surface area contributed by atoms with E-state index in [9.17, 15) is 8.42 Å². The molecule has 0 amide bonds. The van der Waals surface area contributed by atoms with Gasteiger partial charge in [0.1, 0.15) is 0 Å². The van der Waals surface area contributed by atoms with E-state index in [1.807, 2.05) is 27.7 Å². The molecule has 100 valence electrons. The molecule has 0 aromatic rings. The lowest BCUT2D eigenvalue weighted by Gasteiger charge is -2.33. The molecule has 17 heavy (non-hydrogen) atoms. The molecule has 0 fully saturated rings. The second kappa shape index (κ2) is 6.93. The molecular formula is C12H24N2O2S. The molecular weight excluding hydrogens is 236 g/mol. The lowest BCUT2D eigenvalue weighted by Crippen LogP contribution is -2.49. The number of hydrogen-bond acceptors (Lipinski definition) is 2. The normalized spacial score (nSPS) is 12.7. The second-order valence-corrected chi connectivity index (χ2v) is 6.25. The minimum Gasteiger partial charge on any atom is -0.195 e. The molecule has 0 aromatic carbocycles. The summed E-state index contributed by atoms with van der Waals surface area (Å²) in [6, 6.07) is -0.187. The topological polar surface area (TPSA) is 40.6 Å². The summed E-state index contributed by atoms with van der Waals surface area (Å²) in [6.45, 7) is 15.3. The monoisotopic (exact) mass is 260 g/mol. The van der Waals surface area contributed by atoms with Crippen molar-refractivity contribution < 1.29 is 8.42 Å². The summed E-state index contributed by atoms with van der Waals surface area (Å²) in [5, 5.41) is 0. The van der Waals surface area contributed by atoms with Gasteiger partial charge in [0.15, 0.2) is 0 Å². The molecule has 0 rings (SSSR count). The Morgan fingerprint density at radius 2 is 1.24 bits per heavy atom. The maximum atomic E-state index is 12.4. The molecule has 0 heterocycles. The van der Waals surface area contributed by atoms with Crippen LogP contribution in [0.5, 0.6) is 0 Å². The highest BCUT2D eigenvalue weighted by Gasteiger charge is 2.31. The van der Waals surface area contributed by atoms with E-state index in [0.29, 0.717) is 13.1 Å². The molecule has 0 atom stereocenters. The largest absolute Gasteiger partial charge is 0.283 e. The van der Waals surface area contributed by atoms with Gasteiger partial charge in [-0.3, -0.25) is 0 Å². The number of hydrogen-bond donors (Lipinski definition) is 0. The van der Waals surface area contributed by atoms with Crippen LogP contribution in [-0.2, 0) is 10.2 Å². The summed E-state index contributed by atoms with van der Waals surface area (Å²) in [4.78, 5) is 0. The Hall–Kier alpha value is -0.650. The van der Waals surface area contributed by atoms with Crippen molar-refractivity contribution in [2.24, 2.45) is 0 Å². The third-order valence-electron chi connectivity index (χ3n) is 2.36. The predicted octanol–water partition coefficient (Wildman–Crippen LogP) is 2.02. The van der Waals surface area contributed by atoms with Crippen molar-refractivity contribution in [1.29, 1.82) is 0 Å². The van der Waals surface area contributed by atoms with Crippen LogP contribution in [0.1, 0.15) is 27.7 Å². The zero-order valence-electron chi connectivity index (χ0n) is 11.3. The Balaban J connectivity index is 5.28. The molecule has 0 aliphatic heterocycles. The van der Waals surface area contributed by atoms with Gasteiger partial charge in [-0.2, -0.15) is 17.0 Å². The molecule has 5 heteroatoms. The van der Waals surface area contributed by atoms with Gasteiger partial charge in [-0.15, -0.1) is 13.2 Å². The average molecular weight is 260 g/mol. The molecule has 0 bridgehead atoms. The van der Waals surface area contributed by atoms with Gasteiger partial charge < -0.3 is 0 Å². The highest BCUT2D eigenvalue weighted by Crippen LogP contribution is 2.15. The zero-order chi connectivity index (χ0) is 13.6. The van der Waals surface area contributed by atoms with Crippen molar-refractivity contribution in [1.82, 2.24) is 8.61 Å². The summed E-state index contributed by atoms with van der Waals surface area (Å²) in [6.07, 6.45) is 3.20. The van der Waals surface area contributed by atoms with Crippen LogP contribution in [0.2, 0.25) is 0 Å². The third-order valence-corrected chi connectivity index (χ3v) is 4.69. The van der Waals surface area contributed by atoms with Gasteiger partial charge in [0.2, 0.25) is 0 Å². The molecule has 0 aliphatic rings. The smallest absolute Gasteiger partial charge is 0.195 e. The maximum Gasteiger partial charge on any atom is 0.283 e. The van der Waals surface area contributed by atoms with Crippen LogP contribution in [0.25, 0.3) is 0 Å². The molecule has 0 aromatic heterocycles. The van der Waals surface area contributed by atoms with Crippen molar-refractivity contribution >= 4 is 10.2 Å². The first-order valence-corrected chi connectivity index (χ1v) is 7.19. The van der Waals surface area contributed by atoms with Crippen LogP contribution in [-0.4, -0.2) is 42.2 Å². The van der Waals surface area contributed by atoms with Crippen molar-refractivity contribution in [2.45, 2.75) is 39.8 Å². The summed E-state index contributed by atoms with van der Waals surface area (Å²) in [5.41, 5.74) is 0. The first-order valence-electron chi connectivity index (χ1n) is 5.79. The lowest BCUT2D eigenvalue weighted by atomic mass is 10.4. The maximum absolute atomic E-state index is 12.4. The highest BCUT2D eigenvalue weighted by molar-refractivity contribution is 7.86. The molecule has 0 saturated heterocycles. The van der Waals surface area contributed by atoms with Crippen LogP contribution < -0.4 is 0 Å². The molecule has 0 spiro atoms. The molecule has 4 nitrogen and oxygen atoms in total. The van der Waals surface area contributed by atoms with Crippen molar-refractivity contribution in [3.63, 3.8) is 0 Å². The highest BCUT2D eigenvalue weighted by atomic mass is 32.2. The van der Waals surface area contributed by atoms with Gasteiger partial charge in [0.25, 0.3) is 10.2 Å². The standard InChI is InChI=1S/C12H24N2O2S/c1-7-9-13(11(3)4)17(15,16)14(10-8-2)12(5)6/h7-8,11-12H,1-2,9-10H2,3-6H3. The zero-order valence-corrected chi connectivity index (χ0v) is 12.1. The summed E-state index contributed by atoms with van der Waals surface area (Å²) in [7, 11) is -3.46. The van der Waals surface area contributed by atoms with E-state index in [2.05, 4.69) is 13.2 Å². The Bertz CT molecular complexity index is 320. The van der Waals surface area contributed by atoms with Gasteiger partial charge in [0.05, 0.1) is 0 Å². The summed E-state index contributed by atoms with van der Waals surface area (Å²) in [5.74, 6) is 0. The van der Waals surface area contributed by atoms with Gasteiger partial charge in [-0.25, -0.2) is 0 Å². The van der Waals surface area contributed by atoms with Crippen LogP contribution in [0.3, 0.4) is 0 Å². The van der Waals surface area contributed by atoms with E-state index in [1.54, 1.807) is 12.2 Å². The Morgan fingerprint density at radius 1 is 0.941 bits per heavy atom. The van der Waals surface area contributed by atoms with E-state index in [-0.39, 0.29) is 12.1 Å². The first-order chi connectivity index (χ1) is 7.78. The predicted molar refractivity (Wildman–Crippen MR) is 73.0 cm³/mol. The third kappa shape index (κ3) is 4.26. The second-order valence-electron chi connectivity index (χ2n) is 4.41. The quantitative estimate of drug-likeness (QED) is 0.627. The molecule has 0 N–H and O–H groups in total. The van der Waals surface area contributed by atoms with Crippen LogP contribution in [0, 0.1) is 0 Å². The Morgan fingerprint density at radius 3 is 1.41 bits per heavy atom. The van der Waals surface area contributed by atoms with Gasteiger partial charge in [-0.05, 0) is 27.7 Å². The SMILES string of the molecule is C=CCN(C(C)C)S(=O)(=O)N(CC=C)C(C)C. The van der Waals surface area contributed by atoms with Crippen LogP contribution in [0.15, 0.2) is 25.3 Å². The molecule has 0 unspecified atom stereocenters. The fourth-order valence-corrected chi connectivity index (χ4v) is 3.45. The molecule has 0 radical (unpaired) electrons. The van der Waals surface area contributed by atoms with Crippen molar-refractivity contribution in [3.05, 3.63) is 25.3 Å². The van der Waals surface area contributed by atoms with Gasteiger partial charge in [0, 0.05) is 25.2 Å². The first kappa shape index (κ1) is 16.4. The van der Waals surface area contributed by atoms with Crippen molar-refractivity contribution in [2.75, 3.05) is 13.1 Å².